The Kier molecular flexibility index (Phi) is 6.95. The maximum Gasteiger partial charge on any atom is 0.127 e. The number of rotatable bonds is 5. The monoisotopic (exact) mass is 261 g/mol. The molecule has 1 aromatic carbocycles. The van der Waals surface area contributed by atoms with Gasteiger partial charge < -0.3 is 20.3 Å². The molecule has 1 rings (SSSR count). The summed E-state index contributed by atoms with van der Waals surface area (Å²) in [5.41, 5.74) is 6.74. The van der Waals surface area contributed by atoms with Crippen LogP contribution in [0.4, 0.5) is 0 Å². The molecule has 4 nitrogen and oxygen atoms in total. The lowest BCUT2D eigenvalue weighted by Crippen LogP contribution is -2.25. The quantitative estimate of drug-likeness (QED) is 0.850. The number of ether oxygens (including phenoxy) is 2. The molecule has 0 bridgehead atoms. The van der Waals surface area contributed by atoms with Crippen molar-refractivity contribution in [3.8, 4) is 11.5 Å². The maximum atomic E-state index is 9.71. The molecule has 0 radical (unpaired) electrons. The summed E-state index contributed by atoms with van der Waals surface area (Å²) in [5, 5.41) is 9.71. The van der Waals surface area contributed by atoms with Crippen molar-refractivity contribution in [1.29, 1.82) is 0 Å². The lowest BCUT2D eigenvalue weighted by Gasteiger charge is -2.20. The van der Waals surface area contributed by atoms with Gasteiger partial charge in [0, 0.05) is 11.6 Å². The highest BCUT2D eigenvalue weighted by molar-refractivity contribution is 5.85. The SMILES string of the molecule is CC[C@@H](O)[C@@H](N)c1ccc(OC)cc1OC.Cl. The highest BCUT2D eigenvalue weighted by Gasteiger charge is 2.19. The van der Waals surface area contributed by atoms with Crippen LogP contribution in [0.15, 0.2) is 18.2 Å². The molecule has 0 heterocycles. The molecule has 17 heavy (non-hydrogen) atoms. The minimum atomic E-state index is -0.567. The van der Waals surface area contributed by atoms with E-state index < -0.39 is 12.1 Å². The van der Waals surface area contributed by atoms with Gasteiger partial charge >= 0.3 is 0 Å². The zero-order valence-corrected chi connectivity index (χ0v) is 11.2. The van der Waals surface area contributed by atoms with Gasteiger partial charge in [0.1, 0.15) is 11.5 Å². The number of methoxy groups -OCH3 is 2. The summed E-state index contributed by atoms with van der Waals surface area (Å²) in [5.74, 6) is 1.35. The highest BCUT2D eigenvalue weighted by atomic mass is 35.5. The van der Waals surface area contributed by atoms with E-state index in [1.807, 2.05) is 13.0 Å². The Bertz CT molecular complexity index is 347. The molecule has 0 amide bonds. The summed E-state index contributed by atoms with van der Waals surface area (Å²) >= 11 is 0. The zero-order chi connectivity index (χ0) is 12.1. The van der Waals surface area contributed by atoms with Gasteiger partial charge in [-0.1, -0.05) is 6.92 Å². The van der Waals surface area contributed by atoms with Gasteiger partial charge in [0.15, 0.2) is 0 Å². The fourth-order valence-corrected chi connectivity index (χ4v) is 1.56. The number of halogens is 1. The first-order valence-corrected chi connectivity index (χ1v) is 5.29. The van der Waals surface area contributed by atoms with E-state index >= 15 is 0 Å². The molecule has 5 heteroatoms. The molecule has 3 N–H and O–H groups in total. The van der Waals surface area contributed by atoms with Crippen molar-refractivity contribution < 1.29 is 14.6 Å². The number of benzene rings is 1. The second-order valence-corrected chi connectivity index (χ2v) is 3.61. The van der Waals surface area contributed by atoms with Crippen LogP contribution in [0.2, 0.25) is 0 Å². The molecule has 0 aliphatic heterocycles. The average Bonchev–Trinajstić information content (AvgIpc) is 2.35. The summed E-state index contributed by atoms with van der Waals surface area (Å²) < 4.78 is 10.3. The number of aliphatic hydroxyl groups is 1. The van der Waals surface area contributed by atoms with Crippen molar-refractivity contribution in [2.24, 2.45) is 5.73 Å². The second-order valence-electron chi connectivity index (χ2n) is 3.61. The van der Waals surface area contributed by atoms with E-state index in [4.69, 9.17) is 15.2 Å². The highest BCUT2D eigenvalue weighted by Crippen LogP contribution is 2.30. The van der Waals surface area contributed by atoms with Gasteiger partial charge in [-0.25, -0.2) is 0 Å². The van der Waals surface area contributed by atoms with Gasteiger partial charge in [-0.05, 0) is 18.6 Å². The van der Waals surface area contributed by atoms with Gasteiger partial charge in [-0.15, -0.1) is 12.4 Å². The maximum absolute atomic E-state index is 9.71. The molecule has 0 saturated heterocycles. The van der Waals surface area contributed by atoms with Crippen molar-refractivity contribution in [3.05, 3.63) is 23.8 Å². The average molecular weight is 262 g/mol. The molecular weight excluding hydrogens is 242 g/mol. The number of hydrogen-bond donors (Lipinski definition) is 2. The van der Waals surface area contributed by atoms with E-state index in [2.05, 4.69) is 0 Å². The minimum Gasteiger partial charge on any atom is -0.497 e. The number of hydrogen-bond acceptors (Lipinski definition) is 4. The van der Waals surface area contributed by atoms with Gasteiger partial charge in [0.05, 0.1) is 26.4 Å². The summed E-state index contributed by atoms with van der Waals surface area (Å²) in [6.45, 7) is 1.89. The molecule has 1 aromatic rings. The first-order chi connectivity index (χ1) is 7.63. The zero-order valence-electron chi connectivity index (χ0n) is 10.3. The van der Waals surface area contributed by atoms with Crippen LogP contribution >= 0.6 is 12.4 Å². The fourth-order valence-electron chi connectivity index (χ4n) is 1.56. The smallest absolute Gasteiger partial charge is 0.127 e. The Labute approximate surface area is 108 Å². The predicted molar refractivity (Wildman–Crippen MR) is 70.0 cm³/mol. The van der Waals surface area contributed by atoms with E-state index in [0.29, 0.717) is 17.9 Å². The van der Waals surface area contributed by atoms with E-state index in [-0.39, 0.29) is 12.4 Å². The van der Waals surface area contributed by atoms with Crippen molar-refractivity contribution in [1.82, 2.24) is 0 Å². The van der Waals surface area contributed by atoms with Crippen molar-refractivity contribution >= 4 is 12.4 Å². The Morgan fingerprint density at radius 1 is 1.29 bits per heavy atom. The normalized spacial score (nSPS) is 13.5. The van der Waals surface area contributed by atoms with Crippen molar-refractivity contribution in [2.45, 2.75) is 25.5 Å². The third-order valence-electron chi connectivity index (χ3n) is 2.63. The van der Waals surface area contributed by atoms with Crippen LogP contribution in [0, 0.1) is 0 Å². The first-order valence-electron chi connectivity index (χ1n) is 5.29. The van der Waals surface area contributed by atoms with E-state index in [0.717, 1.165) is 5.56 Å². The fraction of sp³-hybridized carbons (Fsp3) is 0.500. The standard InChI is InChI=1S/C12H19NO3.ClH/c1-4-10(14)12(13)9-6-5-8(15-2)7-11(9)16-3;/h5-7,10,12,14H,4,13H2,1-3H3;1H/t10-,12+;/m1./s1. The molecule has 0 spiro atoms. The molecule has 98 valence electrons. The molecule has 0 aliphatic carbocycles. The third-order valence-corrected chi connectivity index (χ3v) is 2.63. The van der Waals surface area contributed by atoms with Crippen LogP contribution < -0.4 is 15.2 Å². The third kappa shape index (κ3) is 3.77. The Morgan fingerprint density at radius 2 is 1.94 bits per heavy atom. The Morgan fingerprint density at radius 3 is 2.41 bits per heavy atom. The molecular formula is C12H20ClNO3. The van der Waals surface area contributed by atoms with Crippen LogP contribution in [-0.4, -0.2) is 25.4 Å². The van der Waals surface area contributed by atoms with Gasteiger partial charge in [-0.3, -0.25) is 0 Å². The van der Waals surface area contributed by atoms with Gasteiger partial charge in [0.2, 0.25) is 0 Å². The number of aliphatic hydroxyl groups excluding tert-OH is 1. The predicted octanol–water partition coefficient (Wildman–Crippen LogP) is 1.90. The molecule has 0 fully saturated rings. The number of nitrogens with two attached hydrogens (primary N) is 1. The van der Waals surface area contributed by atoms with E-state index in [9.17, 15) is 5.11 Å². The van der Waals surface area contributed by atoms with Crippen LogP contribution in [0.1, 0.15) is 24.9 Å². The summed E-state index contributed by atoms with van der Waals surface area (Å²) in [6.07, 6.45) is 0.0402. The Hall–Kier alpha value is -0.970. The molecule has 0 aliphatic rings. The van der Waals surface area contributed by atoms with Gasteiger partial charge in [0.25, 0.3) is 0 Å². The molecule has 0 saturated carbocycles. The van der Waals surface area contributed by atoms with E-state index in [1.165, 1.54) is 0 Å². The second kappa shape index (κ2) is 7.37. The lowest BCUT2D eigenvalue weighted by molar-refractivity contribution is 0.139. The van der Waals surface area contributed by atoms with Crippen molar-refractivity contribution in [2.75, 3.05) is 14.2 Å². The lowest BCUT2D eigenvalue weighted by atomic mass is 9.99. The van der Waals surface area contributed by atoms with E-state index in [1.54, 1.807) is 26.4 Å². The first kappa shape index (κ1) is 16.0. The summed E-state index contributed by atoms with van der Waals surface area (Å²) in [7, 11) is 3.17. The van der Waals surface area contributed by atoms with Crippen LogP contribution in [0.5, 0.6) is 11.5 Å². The minimum absolute atomic E-state index is 0. The molecule has 2 atom stereocenters. The van der Waals surface area contributed by atoms with Crippen LogP contribution in [0.3, 0.4) is 0 Å². The van der Waals surface area contributed by atoms with Crippen LogP contribution in [0.25, 0.3) is 0 Å². The summed E-state index contributed by atoms with van der Waals surface area (Å²) in [6, 6.07) is 4.95. The molecule has 0 aromatic heterocycles. The summed E-state index contributed by atoms with van der Waals surface area (Å²) in [4.78, 5) is 0. The van der Waals surface area contributed by atoms with Gasteiger partial charge in [-0.2, -0.15) is 0 Å². The largest absolute Gasteiger partial charge is 0.497 e. The topological polar surface area (TPSA) is 64.7 Å². The molecule has 0 unspecified atom stereocenters. The van der Waals surface area contributed by atoms with Crippen LogP contribution in [-0.2, 0) is 0 Å². The Balaban J connectivity index is 0.00000256. The van der Waals surface area contributed by atoms with Crippen molar-refractivity contribution in [3.63, 3.8) is 0 Å².